The van der Waals surface area contributed by atoms with E-state index in [0.29, 0.717) is 17.0 Å². The van der Waals surface area contributed by atoms with E-state index < -0.39 is 11.8 Å². The van der Waals surface area contributed by atoms with Gasteiger partial charge in [-0.25, -0.2) is 5.43 Å². The maximum atomic E-state index is 12.0. The van der Waals surface area contributed by atoms with Crippen LogP contribution in [0.3, 0.4) is 0 Å². The molecule has 0 aromatic heterocycles. The molecule has 0 spiro atoms. The summed E-state index contributed by atoms with van der Waals surface area (Å²) in [5.74, 6) is -0.784. The molecule has 0 saturated heterocycles. The fraction of sp³-hybridized carbons (Fsp3) is 0.211. The van der Waals surface area contributed by atoms with Crippen molar-refractivity contribution in [3.63, 3.8) is 0 Å². The van der Waals surface area contributed by atoms with E-state index in [2.05, 4.69) is 15.8 Å². The third-order valence-electron chi connectivity index (χ3n) is 3.62. The lowest BCUT2D eigenvalue weighted by Gasteiger charge is -2.08. The molecule has 0 aliphatic rings. The lowest BCUT2D eigenvalue weighted by Crippen LogP contribution is -2.24. The SMILES string of the molecule is COc1cccc(/C=N/NC(=O)CC(=O)Nc2ccc(C)cc2C)c1O. The average molecular weight is 355 g/mol. The molecule has 7 heteroatoms. The molecular weight excluding hydrogens is 334 g/mol. The van der Waals surface area contributed by atoms with Crippen LogP contribution in [0.25, 0.3) is 0 Å². The van der Waals surface area contributed by atoms with E-state index in [-0.39, 0.29) is 12.2 Å². The summed E-state index contributed by atoms with van der Waals surface area (Å²) < 4.78 is 4.99. The molecule has 0 saturated carbocycles. The normalized spacial score (nSPS) is 10.6. The number of methoxy groups -OCH3 is 1. The van der Waals surface area contributed by atoms with E-state index in [0.717, 1.165) is 11.1 Å². The van der Waals surface area contributed by atoms with Gasteiger partial charge in [-0.1, -0.05) is 23.8 Å². The molecule has 2 aromatic carbocycles. The Hall–Kier alpha value is -3.35. The van der Waals surface area contributed by atoms with E-state index in [9.17, 15) is 14.7 Å². The van der Waals surface area contributed by atoms with Crippen molar-refractivity contribution < 1.29 is 19.4 Å². The molecule has 0 aliphatic carbocycles. The van der Waals surface area contributed by atoms with Crippen LogP contribution in [0.1, 0.15) is 23.1 Å². The Kier molecular flexibility index (Phi) is 6.32. The number of rotatable bonds is 6. The summed E-state index contributed by atoms with van der Waals surface area (Å²) in [7, 11) is 1.44. The number of nitrogens with zero attached hydrogens (tertiary/aromatic N) is 1. The number of carbonyl (C=O) groups excluding carboxylic acids is 2. The number of anilines is 1. The molecule has 136 valence electrons. The molecule has 0 radical (unpaired) electrons. The number of benzene rings is 2. The van der Waals surface area contributed by atoms with Crippen molar-refractivity contribution in [2.45, 2.75) is 20.3 Å². The molecule has 2 amide bonds. The zero-order chi connectivity index (χ0) is 19.1. The van der Waals surface area contributed by atoms with E-state index >= 15 is 0 Å². The highest BCUT2D eigenvalue weighted by Crippen LogP contribution is 2.27. The van der Waals surface area contributed by atoms with Gasteiger partial charge in [-0.3, -0.25) is 9.59 Å². The summed E-state index contributed by atoms with van der Waals surface area (Å²) in [5, 5.41) is 16.4. The fourth-order valence-corrected chi connectivity index (χ4v) is 2.32. The highest BCUT2D eigenvalue weighted by molar-refractivity contribution is 6.04. The van der Waals surface area contributed by atoms with Crippen molar-refractivity contribution in [3.8, 4) is 11.5 Å². The van der Waals surface area contributed by atoms with Crippen LogP contribution in [0.5, 0.6) is 11.5 Å². The summed E-state index contributed by atoms with van der Waals surface area (Å²) >= 11 is 0. The predicted octanol–water partition coefficient (Wildman–Crippen LogP) is 2.50. The van der Waals surface area contributed by atoms with Gasteiger partial charge in [-0.2, -0.15) is 5.10 Å². The second-order valence-electron chi connectivity index (χ2n) is 5.73. The van der Waals surface area contributed by atoms with E-state index in [1.807, 2.05) is 26.0 Å². The van der Waals surface area contributed by atoms with Crippen LogP contribution in [0.4, 0.5) is 5.69 Å². The topological polar surface area (TPSA) is 100 Å². The third-order valence-corrected chi connectivity index (χ3v) is 3.62. The van der Waals surface area contributed by atoms with Crippen LogP contribution < -0.4 is 15.5 Å². The monoisotopic (exact) mass is 355 g/mol. The molecule has 7 nitrogen and oxygen atoms in total. The number of ether oxygens (including phenoxy) is 1. The molecule has 0 unspecified atom stereocenters. The van der Waals surface area contributed by atoms with E-state index in [1.165, 1.54) is 13.3 Å². The van der Waals surface area contributed by atoms with Gasteiger partial charge >= 0.3 is 0 Å². The van der Waals surface area contributed by atoms with Crippen LogP contribution in [0.15, 0.2) is 41.5 Å². The number of aryl methyl sites for hydroxylation is 2. The second-order valence-corrected chi connectivity index (χ2v) is 5.73. The van der Waals surface area contributed by atoms with Gasteiger partial charge in [0.25, 0.3) is 0 Å². The van der Waals surface area contributed by atoms with E-state index in [4.69, 9.17) is 4.74 Å². The van der Waals surface area contributed by atoms with Crippen molar-refractivity contribution in [2.24, 2.45) is 5.10 Å². The van der Waals surface area contributed by atoms with Crippen molar-refractivity contribution in [1.82, 2.24) is 5.43 Å². The molecule has 2 aromatic rings. The first-order valence-electron chi connectivity index (χ1n) is 7.95. The molecule has 0 bridgehead atoms. The number of hydrogen-bond donors (Lipinski definition) is 3. The van der Waals surface area contributed by atoms with Gasteiger partial charge in [0.15, 0.2) is 11.5 Å². The standard InChI is InChI=1S/C19H21N3O4/c1-12-7-8-15(13(2)9-12)21-17(23)10-18(24)22-20-11-14-5-4-6-16(26-3)19(14)25/h4-9,11,25H,10H2,1-3H3,(H,21,23)(H,22,24)/b20-11+. The van der Waals surface area contributed by atoms with Gasteiger partial charge in [-0.15, -0.1) is 0 Å². The minimum Gasteiger partial charge on any atom is -0.504 e. The van der Waals surface area contributed by atoms with Crippen molar-refractivity contribution in [1.29, 1.82) is 0 Å². The summed E-state index contributed by atoms with van der Waals surface area (Å²) in [6.07, 6.45) is 0.909. The number of hydrazone groups is 1. The number of phenolic OH excluding ortho intramolecular Hbond substituents is 1. The Labute approximate surface area is 151 Å². The Morgan fingerprint density at radius 1 is 1.19 bits per heavy atom. The van der Waals surface area contributed by atoms with Crippen molar-refractivity contribution in [3.05, 3.63) is 53.1 Å². The fourth-order valence-electron chi connectivity index (χ4n) is 2.32. The summed E-state index contributed by atoms with van der Waals surface area (Å²) in [4.78, 5) is 23.8. The number of nitrogens with one attached hydrogen (secondary N) is 2. The van der Waals surface area contributed by atoms with Crippen LogP contribution in [-0.2, 0) is 9.59 Å². The highest BCUT2D eigenvalue weighted by Gasteiger charge is 2.10. The van der Waals surface area contributed by atoms with Crippen LogP contribution in [-0.4, -0.2) is 30.2 Å². The Bertz CT molecular complexity index is 847. The van der Waals surface area contributed by atoms with Crippen LogP contribution >= 0.6 is 0 Å². The largest absolute Gasteiger partial charge is 0.504 e. The molecule has 2 rings (SSSR count). The lowest BCUT2D eigenvalue weighted by molar-refractivity contribution is -0.126. The number of para-hydroxylation sites is 1. The number of carbonyl (C=O) groups is 2. The smallest absolute Gasteiger partial charge is 0.249 e. The first-order chi connectivity index (χ1) is 12.4. The molecule has 26 heavy (non-hydrogen) atoms. The number of phenols is 1. The minimum atomic E-state index is -0.564. The molecule has 3 N–H and O–H groups in total. The number of amides is 2. The zero-order valence-corrected chi connectivity index (χ0v) is 14.9. The number of hydrogen-bond acceptors (Lipinski definition) is 5. The predicted molar refractivity (Wildman–Crippen MR) is 99.6 cm³/mol. The lowest BCUT2D eigenvalue weighted by atomic mass is 10.1. The molecule has 0 fully saturated rings. The van der Waals surface area contributed by atoms with Crippen LogP contribution in [0.2, 0.25) is 0 Å². The van der Waals surface area contributed by atoms with Crippen LogP contribution in [0, 0.1) is 13.8 Å². The minimum absolute atomic E-state index is 0.0828. The van der Waals surface area contributed by atoms with Gasteiger partial charge < -0.3 is 15.2 Å². The van der Waals surface area contributed by atoms with Crippen molar-refractivity contribution >= 4 is 23.7 Å². The Balaban J connectivity index is 1.89. The average Bonchev–Trinajstić information content (AvgIpc) is 2.59. The second kappa shape index (κ2) is 8.66. The quantitative estimate of drug-likeness (QED) is 0.421. The van der Waals surface area contributed by atoms with Gasteiger partial charge in [0, 0.05) is 11.3 Å². The summed E-state index contributed by atoms with van der Waals surface area (Å²) in [6.45, 7) is 3.84. The summed E-state index contributed by atoms with van der Waals surface area (Å²) in [5.41, 5.74) is 5.31. The summed E-state index contributed by atoms with van der Waals surface area (Å²) in [6, 6.07) is 10.5. The van der Waals surface area contributed by atoms with Crippen molar-refractivity contribution in [2.75, 3.05) is 12.4 Å². The third kappa shape index (κ3) is 5.07. The molecule has 0 heterocycles. The highest BCUT2D eigenvalue weighted by atomic mass is 16.5. The maximum Gasteiger partial charge on any atom is 0.249 e. The van der Waals surface area contributed by atoms with Gasteiger partial charge in [0.05, 0.1) is 13.3 Å². The first kappa shape index (κ1) is 19.0. The Morgan fingerprint density at radius 3 is 2.65 bits per heavy atom. The van der Waals surface area contributed by atoms with Gasteiger partial charge in [-0.05, 0) is 37.6 Å². The molecule has 0 atom stereocenters. The Morgan fingerprint density at radius 2 is 1.96 bits per heavy atom. The number of aromatic hydroxyl groups is 1. The molecular formula is C19H21N3O4. The maximum absolute atomic E-state index is 12.0. The van der Waals surface area contributed by atoms with Gasteiger partial charge in [0.1, 0.15) is 6.42 Å². The molecule has 0 aliphatic heterocycles. The van der Waals surface area contributed by atoms with Gasteiger partial charge in [0.2, 0.25) is 11.8 Å². The zero-order valence-electron chi connectivity index (χ0n) is 14.9. The van der Waals surface area contributed by atoms with E-state index in [1.54, 1.807) is 24.3 Å². The first-order valence-corrected chi connectivity index (χ1v) is 7.95.